The third-order valence-corrected chi connectivity index (χ3v) is 5.62. The number of carboxylic acids is 1. The number of alkyl halides is 1. The first kappa shape index (κ1) is 21.7. The Balaban J connectivity index is 1.85. The topological polar surface area (TPSA) is 87.0 Å². The van der Waals surface area contributed by atoms with Gasteiger partial charge in [-0.3, -0.25) is 4.79 Å². The van der Waals surface area contributed by atoms with E-state index >= 15 is 0 Å². The fourth-order valence-corrected chi connectivity index (χ4v) is 3.94. The molecule has 150 valence electrons. The van der Waals surface area contributed by atoms with Crippen molar-refractivity contribution in [3.05, 3.63) is 42.0 Å². The second-order valence-corrected chi connectivity index (χ2v) is 7.76. The maximum atomic E-state index is 10.5. The first-order valence-electron chi connectivity index (χ1n) is 9.48. The average Bonchev–Trinajstić information content (AvgIpc) is 2.89. The van der Waals surface area contributed by atoms with Crippen LogP contribution in [-0.2, 0) is 4.79 Å². The number of hydrogen-bond acceptors (Lipinski definition) is 4. The summed E-state index contributed by atoms with van der Waals surface area (Å²) in [5.41, 5.74) is 0.829. The molecule has 1 aromatic carbocycles. The van der Waals surface area contributed by atoms with Crippen LogP contribution in [0, 0.1) is 11.8 Å². The lowest BCUT2D eigenvalue weighted by atomic mass is 9.92. The molecule has 1 aliphatic rings. The molecule has 2 rings (SSSR count). The maximum Gasteiger partial charge on any atom is 0.303 e. The van der Waals surface area contributed by atoms with E-state index in [9.17, 15) is 15.0 Å². The Kier molecular flexibility index (Phi) is 8.61. The minimum absolute atomic E-state index is 0.0485. The minimum atomic E-state index is -0.776. The molecule has 1 aliphatic carbocycles. The molecule has 0 aromatic heterocycles. The van der Waals surface area contributed by atoms with E-state index in [0.29, 0.717) is 25.2 Å². The smallest absolute Gasteiger partial charge is 0.303 e. The summed E-state index contributed by atoms with van der Waals surface area (Å²) in [7, 11) is 0. The number of unbranched alkanes of at least 4 members (excludes halogenated alkanes) is 1. The fourth-order valence-electron chi connectivity index (χ4n) is 3.47. The molecule has 0 amide bonds. The summed E-state index contributed by atoms with van der Waals surface area (Å²) in [6.07, 6.45) is 5.84. The molecule has 0 heterocycles. The maximum absolute atomic E-state index is 10.5. The summed E-state index contributed by atoms with van der Waals surface area (Å²) in [6.45, 7) is 2.10. The monoisotopic (exact) mass is 396 g/mol. The summed E-state index contributed by atoms with van der Waals surface area (Å²) in [5.74, 6) is -0.00356. The highest BCUT2D eigenvalue weighted by Gasteiger charge is 2.41. The lowest BCUT2D eigenvalue weighted by Gasteiger charge is -2.22. The van der Waals surface area contributed by atoms with Crippen molar-refractivity contribution in [2.45, 2.75) is 56.6 Å². The van der Waals surface area contributed by atoms with Crippen LogP contribution in [0.25, 0.3) is 0 Å². The zero-order valence-corrected chi connectivity index (χ0v) is 16.4. The van der Waals surface area contributed by atoms with E-state index in [4.69, 9.17) is 21.4 Å². The minimum Gasteiger partial charge on any atom is -0.493 e. The van der Waals surface area contributed by atoms with Gasteiger partial charge in [0.15, 0.2) is 0 Å². The van der Waals surface area contributed by atoms with Gasteiger partial charge in [0.05, 0.1) is 18.8 Å². The van der Waals surface area contributed by atoms with Crippen LogP contribution < -0.4 is 4.74 Å². The number of aliphatic hydroxyl groups is 2. The van der Waals surface area contributed by atoms with Gasteiger partial charge in [-0.1, -0.05) is 24.3 Å². The van der Waals surface area contributed by atoms with Gasteiger partial charge in [-0.25, -0.2) is 0 Å². The van der Waals surface area contributed by atoms with Gasteiger partial charge in [0.2, 0.25) is 0 Å². The molecule has 1 aromatic rings. The Bertz CT molecular complexity index is 614. The van der Waals surface area contributed by atoms with Gasteiger partial charge in [0.25, 0.3) is 0 Å². The van der Waals surface area contributed by atoms with Crippen molar-refractivity contribution in [1.29, 1.82) is 0 Å². The van der Waals surface area contributed by atoms with Crippen LogP contribution in [0.5, 0.6) is 5.75 Å². The number of carbonyl (C=O) groups is 1. The number of aliphatic hydroxyl groups excluding tert-OH is 2. The Morgan fingerprint density at radius 3 is 2.63 bits per heavy atom. The number of allylic oxidation sites excluding steroid dienone is 2. The van der Waals surface area contributed by atoms with E-state index < -0.39 is 18.2 Å². The molecule has 3 N–H and O–H groups in total. The Hall–Kier alpha value is -1.56. The summed E-state index contributed by atoms with van der Waals surface area (Å²) in [5, 5.41) is 28.4. The van der Waals surface area contributed by atoms with Crippen LogP contribution >= 0.6 is 11.6 Å². The lowest BCUT2D eigenvalue weighted by molar-refractivity contribution is -0.137. The van der Waals surface area contributed by atoms with Gasteiger partial charge >= 0.3 is 5.97 Å². The Morgan fingerprint density at radius 1 is 1.30 bits per heavy atom. The molecule has 0 saturated heterocycles. The van der Waals surface area contributed by atoms with Crippen LogP contribution in [0.4, 0.5) is 0 Å². The Labute approximate surface area is 165 Å². The number of benzene rings is 1. The van der Waals surface area contributed by atoms with Crippen LogP contribution in [-0.4, -0.2) is 39.4 Å². The second kappa shape index (κ2) is 10.7. The molecule has 1 fully saturated rings. The van der Waals surface area contributed by atoms with Crippen LogP contribution in [0.3, 0.4) is 0 Å². The molecule has 0 spiro atoms. The summed E-state index contributed by atoms with van der Waals surface area (Å²) in [6, 6.07) is 7.29. The van der Waals surface area contributed by atoms with E-state index in [1.54, 1.807) is 6.92 Å². The van der Waals surface area contributed by atoms with E-state index in [-0.39, 0.29) is 23.6 Å². The van der Waals surface area contributed by atoms with Crippen LogP contribution in [0.15, 0.2) is 36.4 Å². The van der Waals surface area contributed by atoms with E-state index in [1.807, 2.05) is 36.4 Å². The molecule has 0 radical (unpaired) electrons. The van der Waals surface area contributed by atoms with Gasteiger partial charge in [0, 0.05) is 17.7 Å². The molecule has 1 unspecified atom stereocenters. The lowest BCUT2D eigenvalue weighted by Crippen LogP contribution is -2.27. The molecular weight excluding hydrogens is 368 g/mol. The molecule has 5 atom stereocenters. The number of rotatable bonds is 10. The quantitative estimate of drug-likeness (QED) is 0.317. The van der Waals surface area contributed by atoms with Crippen molar-refractivity contribution in [2.24, 2.45) is 11.8 Å². The van der Waals surface area contributed by atoms with Gasteiger partial charge in [-0.2, -0.15) is 0 Å². The van der Waals surface area contributed by atoms with Crippen molar-refractivity contribution >= 4 is 17.6 Å². The first-order chi connectivity index (χ1) is 12.9. The predicted molar refractivity (Wildman–Crippen MR) is 105 cm³/mol. The van der Waals surface area contributed by atoms with E-state index in [2.05, 4.69) is 0 Å². The average molecular weight is 397 g/mol. The number of carboxylic acid groups (broad SMARTS) is 1. The molecule has 5 nitrogen and oxygen atoms in total. The Morgan fingerprint density at radius 2 is 2.00 bits per heavy atom. The van der Waals surface area contributed by atoms with Crippen molar-refractivity contribution < 1.29 is 24.9 Å². The summed E-state index contributed by atoms with van der Waals surface area (Å²) in [4.78, 5) is 10.5. The highest BCUT2D eigenvalue weighted by molar-refractivity contribution is 6.21. The molecular formula is C21H29ClO5. The summed E-state index contributed by atoms with van der Waals surface area (Å²) >= 11 is 6.43. The van der Waals surface area contributed by atoms with E-state index in [0.717, 1.165) is 18.4 Å². The third kappa shape index (κ3) is 6.83. The third-order valence-electron chi connectivity index (χ3n) is 5.12. The number of halogens is 1. The van der Waals surface area contributed by atoms with Gasteiger partial charge in [0.1, 0.15) is 5.75 Å². The van der Waals surface area contributed by atoms with Crippen LogP contribution in [0.1, 0.15) is 50.7 Å². The van der Waals surface area contributed by atoms with Gasteiger partial charge in [-0.05, 0) is 56.2 Å². The molecule has 6 heteroatoms. The van der Waals surface area contributed by atoms with Gasteiger partial charge in [-0.15, -0.1) is 11.6 Å². The second-order valence-electron chi connectivity index (χ2n) is 7.20. The highest BCUT2D eigenvalue weighted by atomic mass is 35.5. The largest absolute Gasteiger partial charge is 0.493 e. The first-order valence-corrected chi connectivity index (χ1v) is 9.92. The molecule has 0 aliphatic heterocycles. The van der Waals surface area contributed by atoms with Crippen molar-refractivity contribution in [3.63, 3.8) is 0 Å². The zero-order valence-electron chi connectivity index (χ0n) is 15.6. The van der Waals surface area contributed by atoms with Crippen molar-refractivity contribution in [1.82, 2.24) is 0 Å². The van der Waals surface area contributed by atoms with Gasteiger partial charge < -0.3 is 20.1 Å². The van der Waals surface area contributed by atoms with E-state index in [1.165, 1.54) is 0 Å². The SMILES string of the molecule is CC(O)c1ccc(OC[C@@H]2[C@@H](C/C=C\CCCC(=O)O)[C@H](Cl)C[C@H]2O)cc1. The molecule has 1 saturated carbocycles. The highest BCUT2D eigenvalue weighted by Crippen LogP contribution is 2.39. The fraction of sp³-hybridized carbons (Fsp3) is 0.571. The van der Waals surface area contributed by atoms with Crippen molar-refractivity contribution in [2.75, 3.05) is 6.61 Å². The number of aliphatic carboxylic acids is 1. The molecule has 27 heavy (non-hydrogen) atoms. The number of ether oxygens (including phenoxy) is 1. The standard InChI is InChI=1S/C21H29ClO5/c1-14(23)15-8-10-16(11-9-15)27-13-18-17(19(22)12-20(18)24)6-4-2-3-5-7-21(25)26/h2,4,8-11,14,17-20,23-24H,3,5-7,12-13H2,1H3,(H,25,26)/b4-2-/t14?,17-,18-,19-,20-/m1/s1. The zero-order chi connectivity index (χ0) is 19.8. The number of hydrogen-bond donors (Lipinski definition) is 3. The predicted octanol–water partition coefficient (Wildman–Crippen LogP) is 3.92. The molecule has 0 bridgehead atoms. The normalized spacial score (nSPS) is 26.4. The summed E-state index contributed by atoms with van der Waals surface area (Å²) < 4.78 is 5.86. The van der Waals surface area contributed by atoms with Crippen molar-refractivity contribution in [3.8, 4) is 5.75 Å². The van der Waals surface area contributed by atoms with Crippen LogP contribution in [0.2, 0.25) is 0 Å².